The number of rotatable bonds is 5. The van der Waals surface area contributed by atoms with Crippen molar-refractivity contribution >= 4 is 28.4 Å². The fraction of sp³-hybridized carbons (Fsp3) is 0.400. The molecular weight excluding hydrogens is 421 g/mol. The number of halogens is 1. The Morgan fingerprint density at radius 2 is 1.88 bits per heavy atom. The average molecular weight is 452 g/mol. The van der Waals surface area contributed by atoms with Gasteiger partial charge in [0.05, 0.1) is 11.2 Å². The van der Waals surface area contributed by atoms with Crippen LogP contribution in [0.5, 0.6) is 0 Å². The van der Waals surface area contributed by atoms with Crippen molar-refractivity contribution < 1.29 is 9.18 Å². The minimum atomic E-state index is -0.549. The van der Waals surface area contributed by atoms with Crippen LogP contribution in [0.4, 0.5) is 20.7 Å². The summed E-state index contributed by atoms with van der Waals surface area (Å²) in [6.45, 7) is 5.41. The maximum absolute atomic E-state index is 14.7. The first-order valence-electron chi connectivity index (χ1n) is 11.4. The normalized spacial score (nSPS) is 14.1. The molecule has 3 N–H and O–H groups in total. The number of amides is 2. The van der Waals surface area contributed by atoms with E-state index in [0.717, 1.165) is 36.6 Å². The lowest BCUT2D eigenvalue weighted by Crippen LogP contribution is -2.34. The molecule has 0 saturated heterocycles. The van der Waals surface area contributed by atoms with Gasteiger partial charge in [-0.05, 0) is 62.9 Å². The second kappa shape index (κ2) is 9.21. The number of fused-ring (bicyclic) bond motifs is 1. The van der Waals surface area contributed by atoms with Crippen molar-refractivity contribution in [3.8, 4) is 11.1 Å². The summed E-state index contributed by atoms with van der Waals surface area (Å²) in [7, 11) is 1.80. The van der Waals surface area contributed by atoms with E-state index in [1.807, 2.05) is 30.5 Å². The summed E-state index contributed by atoms with van der Waals surface area (Å²) < 4.78 is 16.5. The number of carbonyl (C=O) groups is 1. The molecule has 33 heavy (non-hydrogen) atoms. The zero-order valence-electron chi connectivity index (χ0n) is 19.5. The molecule has 2 aromatic heterocycles. The van der Waals surface area contributed by atoms with Crippen molar-refractivity contribution in [3.05, 3.63) is 52.2 Å². The molecule has 0 unspecified atom stereocenters. The Morgan fingerprint density at radius 1 is 1.15 bits per heavy atom. The number of hydrogen-bond acceptors (Lipinski definition) is 4. The van der Waals surface area contributed by atoms with Crippen molar-refractivity contribution in [2.45, 2.75) is 58.5 Å². The number of hydrogen-bond donors (Lipinski definition) is 3. The molecule has 0 spiro atoms. The van der Waals surface area contributed by atoms with Gasteiger partial charge in [-0.2, -0.15) is 0 Å². The lowest BCUT2D eigenvalue weighted by Gasteiger charge is -2.20. The Hall–Kier alpha value is -3.42. The lowest BCUT2D eigenvalue weighted by atomic mass is 9.98. The maximum Gasteiger partial charge on any atom is 0.319 e. The molecule has 0 bridgehead atoms. The highest BCUT2D eigenvalue weighted by Gasteiger charge is 2.23. The zero-order valence-corrected chi connectivity index (χ0v) is 19.5. The van der Waals surface area contributed by atoms with Gasteiger partial charge in [0.1, 0.15) is 11.6 Å². The van der Waals surface area contributed by atoms with Gasteiger partial charge < -0.3 is 20.5 Å². The fourth-order valence-corrected chi connectivity index (χ4v) is 4.57. The standard InChI is InChI=1S/C25H30FN5O2/c1-14(2)29-25(33)30-21-11-18(15(3)9-20(21)26)19-10-16-13-28-23(27-4)12-22(16)31(24(19)32)17-7-5-6-8-17/h9-14,17H,5-8H2,1-4H3,(H,27,28)(H2,29,30,33). The first-order valence-corrected chi connectivity index (χ1v) is 11.4. The Balaban J connectivity index is 1.89. The molecule has 3 aromatic rings. The largest absolute Gasteiger partial charge is 0.373 e. The first kappa shape index (κ1) is 22.8. The number of carbonyl (C=O) groups excluding carboxylic acids is 1. The molecule has 1 aromatic carbocycles. The Morgan fingerprint density at radius 3 is 2.55 bits per heavy atom. The molecule has 0 aliphatic heterocycles. The van der Waals surface area contributed by atoms with Crippen LogP contribution in [0.1, 0.15) is 51.1 Å². The Labute approximate surface area is 192 Å². The Bertz CT molecular complexity index is 1260. The molecule has 7 nitrogen and oxygen atoms in total. The maximum atomic E-state index is 14.7. The number of aryl methyl sites for hydroxylation is 1. The summed E-state index contributed by atoms with van der Waals surface area (Å²) in [5.74, 6) is 0.148. The van der Waals surface area contributed by atoms with Crippen molar-refractivity contribution in [2.75, 3.05) is 17.7 Å². The summed E-state index contributed by atoms with van der Waals surface area (Å²) in [4.78, 5) is 30.4. The van der Waals surface area contributed by atoms with E-state index in [1.165, 1.54) is 6.07 Å². The van der Waals surface area contributed by atoms with Gasteiger partial charge in [0.25, 0.3) is 5.56 Å². The van der Waals surface area contributed by atoms with Crippen LogP contribution in [0.3, 0.4) is 0 Å². The van der Waals surface area contributed by atoms with Gasteiger partial charge in [0.2, 0.25) is 0 Å². The van der Waals surface area contributed by atoms with Gasteiger partial charge in [-0.15, -0.1) is 0 Å². The minimum absolute atomic E-state index is 0.0318. The van der Waals surface area contributed by atoms with Gasteiger partial charge in [0.15, 0.2) is 0 Å². The fourth-order valence-electron chi connectivity index (χ4n) is 4.57. The predicted octanol–water partition coefficient (Wildman–Crippen LogP) is 5.20. The van der Waals surface area contributed by atoms with E-state index in [9.17, 15) is 14.0 Å². The van der Waals surface area contributed by atoms with E-state index in [4.69, 9.17) is 0 Å². The third kappa shape index (κ3) is 4.55. The number of aromatic nitrogens is 2. The van der Waals surface area contributed by atoms with Gasteiger partial charge in [0, 0.05) is 42.3 Å². The summed E-state index contributed by atoms with van der Waals surface area (Å²) in [6, 6.07) is 6.14. The number of anilines is 2. The molecular formula is C25H30FN5O2. The predicted molar refractivity (Wildman–Crippen MR) is 130 cm³/mol. The molecule has 0 atom stereocenters. The van der Waals surface area contributed by atoms with E-state index < -0.39 is 11.8 Å². The van der Waals surface area contributed by atoms with Crippen LogP contribution in [0.15, 0.2) is 35.3 Å². The van der Waals surface area contributed by atoms with Crippen LogP contribution >= 0.6 is 0 Å². The van der Waals surface area contributed by atoms with Crippen LogP contribution in [0.2, 0.25) is 0 Å². The first-order chi connectivity index (χ1) is 15.8. The highest BCUT2D eigenvalue weighted by molar-refractivity contribution is 5.91. The topological polar surface area (TPSA) is 88.1 Å². The third-order valence-electron chi connectivity index (χ3n) is 6.14. The number of nitrogens with one attached hydrogen (secondary N) is 3. The summed E-state index contributed by atoms with van der Waals surface area (Å²) in [5.41, 5.74) is 2.44. The second-order valence-electron chi connectivity index (χ2n) is 8.95. The number of urea groups is 1. The molecule has 2 amide bonds. The van der Waals surface area contributed by atoms with Crippen LogP contribution in [-0.2, 0) is 0 Å². The number of pyridine rings is 2. The number of nitrogens with zero attached hydrogens (tertiary/aromatic N) is 2. The molecule has 8 heteroatoms. The molecule has 1 fully saturated rings. The molecule has 174 valence electrons. The van der Waals surface area contributed by atoms with Crippen molar-refractivity contribution in [1.82, 2.24) is 14.9 Å². The Kier molecular flexibility index (Phi) is 6.35. The SMILES string of the molecule is CNc1cc2c(cn1)cc(-c1cc(NC(=O)NC(C)C)c(F)cc1C)c(=O)n2C1CCCC1. The van der Waals surface area contributed by atoms with E-state index in [0.29, 0.717) is 22.5 Å². The average Bonchev–Trinajstić information content (AvgIpc) is 3.29. The van der Waals surface area contributed by atoms with E-state index in [2.05, 4.69) is 20.9 Å². The quantitative estimate of drug-likeness (QED) is 0.498. The van der Waals surface area contributed by atoms with Crippen LogP contribution in [-0.4, -0.2) is 28.7 Å². The van der Waals surface area contributed by atoms with Gasteiger partial charge in [-0.1, -0.05) is 12.8 Å². The highest BCUT2D eigenvalue weighted by atomic mass is 19.1. The molecule has 4 rings (SSSR count). The van der Waals surface area contributed by atoms with Crippen LogP contribution in [0.25, 0.3) is 22.0 Å². The summed E-state index contributed by atoms with van der Waals surface area (Å²) in [6.07, 6.45) is 5.81. The number of benzene rings is 1. The monoisotopic (exact) mass is 451 g/mol. The van der Waals surface area contributed by atoms with Crippen LogP contribution in [0, 0.1) is 12.7 Å². The van der Waals surface area contributed by atoms with Crippen molar-refractivity contribution in [3.63, 3.8) is 0 Å². The zero-order chi connectivity index (χ0) is 23.7. The lowest BCUT2D eigenvalue weighted by molar-refractivity contribution is 0.250. The van der Waals surface area contributed by atoms with Gasteiger partial charge >= 0.3 is 6.03 Å². The molecule has 1 saturated carbocycles. The highest BCUT2D eigenvalue weighted by Crippen LogP contribution is 2.34. The van der Waals surface area contributed by atoms with Crippen LogP contribution < -0.4 is 21.5 Å². The van der Waals surface area contributed by atoms with Gasteiger partial charge in [-0.3, -0.25) is 4.79 Å². The molecule has 1 aliphatic rings. The molecule has 1 aliphatic carbocycles. The third-order valence-corrected chi connectivity index (χ3v) is 6.14. The minimum Gasteiger partial charge on any atom is -0.373 e. The summed E-state index contributed by atoms with van der Waals surface area (Å²) >= 11 is 0. The van der Waals surface area contributed by atoms with Gasteiger partial charge in [-0.25, -0.2) is 14.2 Å². The van der Waals surface area contributed by atoms with E-state index in [-0.39, 0.29) is 23.3 Å². The summed E-state index contributed by atoms with van der Waals surface area (Å²) in [5, 5.41) is 9.14. The smallest absolute Gasteiger partial charge is 0.319 e. The van der Waals surface area contributed by atoms with E-state index >= 15 is 0 Å². The van der Waals surface area contributed by atoms with Crippen molar-refractivity contribution in [1.29, 1.82) is 0 Å². The van der Waals surface area contributed by atoms with E-state index in [1.54, 1.807) is 26.2 Å². The molecule has 0 radical (unpaired) electrons. The second-order valence-corrected chi connectivity index (χ2v) is 8.95. The molecule has 2 heterocycles. The van der Waals surface area contributed by atoms with Crippen molar-refractivity contribution in [2.24, 2.45) is 0 Å².